The summed E-state index contributed by atoms with van der Waals surface area (Å²) in [6.45, 7) is 2.83. The number of hydrogen-bond donors (Lipinski definition) is 2. The van der Waals surface area contributed by atoms with Gasteiger partial charge in [0.05, 0.1) is 7.11 Å². The lowest BCUT2D eigenvalue weighted by Crippen LogP contribution is -2.20. The number of ether oxygens (including phenoxy) is 1. The van der Waals surface area contributed by atoms with Crippen molar-refractivity contribution in [3.8, 4) is 5.75 Å². The molecule has 0 aliphatic heterocycles. The topological polar surface area (TPSA) is 47.3 Å². The van der Waals surface area contributed by atoms with E-state index >= 15 is 0 Å². The minimum absolute atomic E-state index is 0.334. The summed E-state index contributed by atoms with van der Waals surface area (Å²) in [6.07, 6.45) is 1.93. The molecule has 0 bridgehead atoms. The maximum Gasteiger partial charge on any atom is 0.122 e. The van der Waals surface area contributed by atoms with Gasteiger partial charge < -0.3 is 15.8 Å². The molecule has 0 spiro atoms. The fourth-order valence-electron chi connectivity index (χ4n) is 1.94. The number of methoxy groups -OCH3 is 1. The third-order valence-electron chi connectivity index (χ3n) is 2.89. The van der Waals surface area contributed by atoms with Gasteiger partial charge >= 0.3 is 0 Å². The molecule has 0 saturated carbocycles. The first-order valence-electron chi connectivity index (χ1n) is 5.80. The van der Waals surface area contributed by atoms with Gasteiger partial charge in [-0.25, -0.2) is 0 Å². The molecule has 0 radical (unpaired) electrons. The lowest BCUT2D eigenvalue weighted by Gasteiger charge is -2.17. The van der Waals surface area contributed by atoms with Crippen molar-refractivity contribution in [2.24, 2.45) is 5.73 Å². The molecule has 0 amide bonds. The molecule has 1 rings (SSSR count). The Kier molecular flexibility index (Phi) is 5.29. The van der Waals surface area contributed by atoms with E-state index in [-0.39, 0.29) is 0 Å². The number of hydrogen-bond acceptors (Lipinski definition) is 3. The molecule has 0 heterocycles. The van der Waals surface area contributed by atoms with E-state index in [2.05, 4.69) is 24.4 Å². The van der Waals surface area contributed by atoms with Gasteiger partial charge in [-0.3, -0.25) is 0 Å². The summed E-state index contributed by atoms with van der Waals surface area (Å²) in [7, 11) is 3.68. The number of nitrogens with one attached hydrogen (secondary N) is 1. The van der Waals surface area contributed by atoms with Crippen molar-refractivity contribution < 1.29 is 4.74 Å². The summed E-state index contributed by atoms with van der Waals surface area (Å²) in [4.78, 5) is 0. The van der Waals surface area contributed by atoms with Gasteiger partial charge in [0.1, 0.15) is 5.75 Å². The summed E-state index contributed by atoms with van der Waals surface area (Å²) >= 11 is 0. The zero-order valence-corrected chi connectivity index (χ0v) is 10.4. The highest BCUT2D eigenvalue weighted by molar-refractivity contribution is 5.38. The molecule has 16 heavy (non-hydrogen) atoms. The SMILES string of the molecule is CCc1cc(C(CCN)NC)ccc1OC. The first kappa shape index (κ1) is 13.0. The van der Waals surface area contributed by atoms with Crippen LogP contribution in [-0.2, 0) is 6.42 Å². The van der Waals surface area contributed by atoms with Gasteiger partial charge in [-0.05, 0) is 43.6 Å². The van der Waals surface area contributed by atoms with Crippen LogP contribution in [0, 0.1) is 0 Å². The van der Waals surface area contributed by atoms with Crippen LogP contribution in [0.1, 0.15) is 30.5 Å². The van der Waals surface area contributed by atoms with E-state index in [0.29, 0.717) is 12.6 Å². The minimum atomic E-state index is 0.334. The van der Waals surface area contributed by atoms with Crippen LogP contribution >= 0.6 is 0 Å². The Morgan fingerprint density at radius 3 is 2.69 bits per heavy atom. The van der Waals surface area contributed by atoms with Crippen molar-refractivity contribution >= 4 is 0 Å². The second-order valence-electron chi connectivity index (χ2n) is 3.84. The van der Waals surface area contributed by atoms with E-state index in [0.717, 1.165) is 18.6 Å². The van der Waals surface area contributed by atoms with Crippen LogP contribution in [0.4, 0.5) is 0 Å². The highest BCUT2D eigenvalue weighted by atomic mass is 16.5. The summed E-state index contributed by atoms with van der Waals surface area (Å²) in [5, 5.41) is 3.29. The predicted octanol–water partition coefficient (Wildman–Crippen LogP) is 1.87. The molecule has 0 aliphatic carbocycles. The molecule has 1 aromatic rings. The van der Waals surface area contributed by atoms with Crippen LogP contribution in [0.5, 0.6) is 5.75 Å². The van der Waals surface area contributed by atoms with Crippen LogP contribution in [0.2, 0.25) is 0 Å². The molecule has 90 valence electrons. The van der Waals surface area contributed by atoms with Crippen molar-refractivity contribution in [3.63, 3.8) is 0 Å². The highest BCUT2D eigenvalue weighted by Gasteiger charge is 2.10. The van der Waals surface area contributed by atoms with Gasteiger partial charge in [0, 0.05) is 6.04 Å². The highest BCUT2D eigenvalue weighted by Crippen LogP contribution is 2.24. The monoisotopic (exact) mass is 222 g/mol. The minimum Gasteiger partial charge on any atom is -0.496 e. The van der Waals surface area contributed by atoms with Crippen molar-refractivity contribution in [2.45, 2.75) is 25.8 Å². The lowest BCUT2D eigenvalue weighted by atomic mass is 10.00. The normalized spacial score (nSPS) is 12.5. The number of benzene rings is 1. The molecule has 1 unspecified atom stereocenters. The second-order valence-corrected chi connectivity index (χ2v) is 3.84. The van der Waals surface area contributed by atoms with Crippen molar-refractivity contribution in [3.05, 3.63) is 29.3 Å². The molecule has 0 saturated heterocycles. The van der Waals surface area contributed by atoms with Crippen LogP contribution in [0.3, 0.4) is 0 Å². The van der Waals surface area contributed by atoms with Gasteiger partial charge in [-0.2, -0.15) is 0 Å². The summed E-state index contributed by atoms with van der Waals surface area (Å²) in [5.74, 6) is 0.967. The average molecular weight is 222 g/mol. The second kappa shape index (κ2) is 6.51. The third kappa shape index (κ3) is 2.97. The van der Waals surface area contributed by atoms with Crippen molar-refractivity contribution in [1.82, 2.24) is 5.32 Å². The molecule has 0 aromatic heterocycles. The standard InChI is InChI=1S/C13H22N2O/c1-4-10-9-11(5-6-13(10)16-3)12(15-2)7-8-14/h5-6,9,12,15H,4,7-8,14H2,1-3H3. The third-order valence-corrected chi connectivity index (χ3v) is 2.89. The van der Waals surface area contributed by atoms with Gasteiger partial charge in [0.15, 0.2) is 0 Å². The maximum atomic E-state index is 5.60. The largest absolute Gasteiger partial charge is 0.496 e. The van der Waals surface area contributed by atoms with E-state index < -0.39 is 0 Å². The van der Waals surface area contributed by atoms with Gasteiger partial charge in [0.25, 0.3) is 0 Å². The van der Waals surface area contributed by atoms with Gasteiger partial charge in [-0.15, -0.1) is 0 Å². The molecule has 1 aromatic carbocycles. The van der Waals surface area contributed by atoms with E-state index in [1.165, 1.54) is 11.1 Å². The van der Waals surface area contributed by atoms with E-state index in [1.807, 2.05) is 13.1 Å². The Morgan fingerprint density at radius 1 is 1.44 bits per heavy atom. The quantitative estimate of drug-likeness (QED) is 0.772. The molecule has 3 nitrogen and oxygen atoms in total. The van der Waals surface area contributed by atoms with Gasteiger partial charge in [-0.1, -0.05) is 19.1 Å². The van der Waals surface area contributed by atoms with Crippen LogP contribution in [0.25, 0.3) is 0 Å². The Bertz CT molecular complexity index is 326. The fraction of sp³-hybridized carbons (Fsp3) is 0.538. The lowest BCUT2D eigenvalue weighted by molar-refractivity contribution is 0.409. The zero-order valence-electron chi connectivity index (χ0n) is 10.4. The Hall–Kier alpha value is -1.06. The number of nitrogens with two attached hydrogens (primary N) is 1. The number of aryl methyl sites for hydroxylation is 1. The zero-order chi connectivity index (χ0) is 12.0. The number of rotatable bonds is 6. The Balaban J connectivity index is 2.96. The van der Waals surface area contributed by atoms with Crippen LogP contribution in [-0.4, -0.2) is 20.7 Å². The fourth-order valence-corrected chi connectivity index (χ4v) is 1.94. The van der Waals surface area contributed by atoms with E-state index in [9.17, 15) is 0 Å². The average Bonchev–Trinajstić information content (AvgIpc) is 2.35. The molecule has 3 N–H and O–H groups in total. The smallest absolute Gasteiger partial charge is 0.122 e. The maximum absolute atomic E-state index is 5.60. The molecular weight excluding hydrogens is 200 g/mol. The van der Waals surface area contributed by atoms with Crippen molar-refractivity contribution in [1.29, 1.82) is 0 Å². The molecular formula is C13H22N2O. The summed E-state index contributed by atoms with van der Waals surface area (Å²) in [5.41, 5.74) is 8.13. The molecule has 1 atom stereocenters. The summed E-state index contributed by atoms with van der Waals surface area (Å²) in [6, 6.07) is 6.68. The Morgan fingerprint density at radius 2 is 2.19 bits per heavy atom. The summed E-state index contributed by atoms with van der Waals surface area (Å²) < 4.78 is 5.32. The van der Waals surface area contributed by atoms with Crippen LogP contribution in [0.15, 0.2) is 18.2 Å². The first-order valence-corrected chi connectivity index (χ1v) is 5.80. The first-order chi connectivity index (χ1) is 7.76. The van der Waals surface area contributed by atoms with Crippen molar-refractivity contribution in [2.75, 3.05) is 20.7 Å². The van der Waals surface area contributed by atoms with Gasteiger partial charge in [0.2, 0.25) is 0 Å². The molecule has 0 aliphatic rings. The Labute approximate surface area is 98.0 Å². The predicted molar refractivity (Wildman–Crippen MR) is 67.8 cm³/mol. The molecule has 0 fully saturated rings. The van der Waals surface area contributed by atoms with Crippen LogP contribution < -0.4 is 15.8 Å². The van der Waals surface area contributed by atoms with E-state index in [1.54, 1.807) is 7.11 Å². The van der Waals surface area contributed by atoms with E-state index in [4.69, 9.17) is 10.5 Å². The molecule has 3 heteroatoms.